The third-order valence-corrected chi connectivity index (χ3v) is 5.59. The first kappa shape index (κ1) is 20.8. The van der Waals surface area contributed by atoms with E-state index >= 15 is 0 Å². The molecule has 30 heavy (non-hydrogen) atoms. The Morgan fingerprint density at radius 3 is 2.63 bits per heavy atom. The SMILES string of the molecule is CN1CCC[C@@H](N2CCc3cc(-c4ccc(C(F)(F)F)cc4OC(F)F)nnc32)C1. The number of anilines is 1. The number of hydrogen-bond acceptors (Lipinski definition) is 5. The normalized spacial score (nSPS) is 20.0. The van der Waals surface area contributed by atoms with E-state index in [1.54, 1.807) is 6.07 Å². The molecule has 2 aliphatic rings. The van der Waals surface area contributed by atoms with Crippen molar-refractivity contribution in [1.82, 2.24) is 15.1 Å². The van der Waals surface area contributed by atoms with Crippen LogP contribution in [0, 0.1) is 0 Å². The minimum absolute atomic E-state index is 0.0504. The van der Waals surface area contributed by atoms with Crippen molar-refractivity contribution in [2.75, 3.05) is 31.6 Å². The Morgan fingerprint density at radius 1 is 1.13 bits per heavy atom. The van der Waals surface area contributed by atoms with Gasteiger partial charge in [-0.15, -0.1) is 10.2 Å². The van der Waals surface area contributed by atoms with E-state index in [9.17, 15) is 22.0 Å². The Morgan fingerprint density at radius 2 is 1.93 bits per heavy atom. The van der Waals surface area contributed by atoms with Crippen LogP contribution >= 0.6 is 0 Å². The molecule has 0 radical (unpaired) electrons. The lowest BCUT2D eigenvalue weighted by Gasteiger charge is -2.36. The fourth-order valence-corrected chi connectivity index (χ4v) is 4.18. The Labute approximate surface area is 170 Å². The van der Waals surface area contributed by atoms with Crippen LogP contribution in [0.15, 0.2) is 24.3 Å². The van der Waals surface area contributed by atoms with Crippen LogP contribution in [-0.4, -0.2) is 54.4 Å². The van der Waals surface area contributed by atoms with Gasteiger partial charge in [-0.05, 0) is 57.1 Å². The molecule has 1 atom stereocenters. The number of piperidine rings is 1. The third-order valence-electron chi connectivity index (χ3n) is 5.59. The summed E-state index contributed by atoms with van der Waals surface area (Å²) in [5.41, 5.74) is 0.0925. The molecule has 4 rings (SSSR count). The molecule has 10 heteroatoms. The second-order valence-corrected chi connectivity index (χ2v) is 7.67. The number of aromatic nitrogens is 2. The second kappa shape index (κ2) is 7.98. The number of hydrogen-bond donors (Lipinski definition) is 0. The number of alkyl halides is 5. The molecular formula is C20H21F5N4O. The van der Waals surface area contributed by atoms with Gasteiger partial charge in [0, 0.05) is 30.3 Å². The standard InChI is InChI=1S/C20H21F5N4O/c1-28-7-2-3-14(11-28)29-8-6-12-9-16(26-27-18(12)29)15-5-4-13(20(23,24)25)10-17(15)30-19(21)22/h4-5,9-10,14,19H,2-3,6-8,11H2,1H3/t14-/m1/s1. The number of rotatable bonds is 4. The van der Waals surface area contributed by atoms with Crippen LogP contribution in [0.3, 0.4) is 0 Å². The molecule has 5 nitrogen and oxygen atoms in total. The zero-order chi connectivity index (χ0) is 21.5. The van der Waals surface area contributed by atoms with Crippen molar-refractivity contribution >= 4 is 5.82 Å². The summed E-state index contributed by atoms with van der Waals surface area (Å²) in [6, 6.07) is 4.53. The number of benzene rings is 1. The summed E-state index contributed by atoms with van der Waals surface area (Å²) in [6.45, 7) is -0.496. The van der Waals surface area contributed by atoms with Crippen LogP contribution in [0.5, 0.6) is 5.75 Å². The summed E-state index contributed by atoms with van der Waals surface area (Å²) in [5.74, 6) is 0.181. The lowest BCUT2D eigenvalue weighted by atomic mass is 10.0. The van der Waals surface area contributed by atoms with Crippen molar-refractivity contribution in [3.63, 3.8) is 0 Å². The minimum atomic E-state index is -4.67. The Hall–Kier alpha value is -2.49. The van der Waals surface area contributed by atoms with E-state index in [0.717, 1.165) is 56.0 Å². The minimum Gasteiger partial charge on any atom is -0.434 e. The number of ether oxygens (including phenoxy) is 1. The molecule has 3 heterocycles. The van der Waals surface area contributed by atoms with E-state index in [2.05, 4.69) is 31.8 Å². The summed E-state index contributed by atoms with van der Waals surface area (Å²) >= 11 is 0. The predicted octanol–water partition coefficient (Wildman–Crippen LogP) is 4.22. The lowest BCUT2D eigenvalue weighted by molar-refractivity contribution is -0.138. The van der Waals surface area contributed by atoms with Gasteiger partial charge in [-0.1, -0.05) is 0 Å². The van der Waals surface area contributed by atoms with E-state index in [-0.39, 0.29) is 11.3 Å². The van der Waals surface area contributed by atoms with Gasteiger partial charge in [0.15, 0.2) is 5.82 Å². The predicted molar refractivity (Wildman–Crippen MR) is 101 cm³/mol. The van der Waals surface area contributed by atoms with E-state index in [4.69, 9.17) is 0 Å². The molecule has 1 aromatic carbocycles. The van der Waals surface area contributed by atoms with E-state index in [1.807, 2.05) is 0 Å². The topological polar surface area (TPSA) is 41.5 Å². The molecule has 0 unspecified atom stereocenters. The van der Waals surface area contributed by atoms with Gasteiger partial charge in [-0.3, -0.25) is 0 Å². The van der Waals surface area contributed by atoms with E-state index < -0.39 is 24.1 Å². The highest BCUT2D eigenvalue weighted by Gasteiger charge is 2.33. The highest BCUT2D eigenvalue weighted by molar-refractivity contribution is 5.70. The molecular weight excluding hydrogens is 407 g/mol. The zero-order valence-electron chi connectivity index (χ0n) is 16.3. The molecule has 162 valence electrons. The summed E-state index contributed by atoms with van der Waals surface area (Å²) in [4.78, 5) is 4.48. The van der Waals surface area contributed by atoms with Gasteiger partial charge >= 0.3 is 12.8 Å². The van der Waals surface area contributed by atoms with Gasteiger partial charge in [0.05, 0.1) is 11.3 Å². The van der Waals surface area contributed by atoms with Crippen molar-refractivity contribution < 1.29 is 26.7 Å². The van der Waals surface area contributed by atoms with Crippen LogP contribution in [0.25, 0.3) is 11.3 Å². The maximum atomic E-state index is 13.0. The quantitative estimate of drug-likeness (QED) is 0.683. The summed E-state index contributed by atoms with van der Waals surface area (Å²) in [7, 11) is 2.08. The first-order valence-electron chi connectivity index (χ1n) is 9.70. The van der Waals surface area contributed by atoms with Crippen molar-refractivity contribution in [1.29, 1.82) is 0 Å². The molecule has 0 bridgehead atoms. The molecule has 1 aromatic heterocycles. The third kappa shape index (κ3) is 4.19. The summed E-state index contributed by atoms with van der Waals surface area (Å²) in [6.07, 6.45) is -1.81. The molecule has 0 spiro atoms. The Balaban J connectivity index is 1.66. The van der Waals surface area contributed by atoms with Gasteiger partial charge < -0.3 is 14.5 Å². The largest absolute Gasteiger partial charge is 0.434 e. The number of likely N-dealkylation sites (tertiary alicyclic amines) is 1. The van der Waals surface area contributed by atoms with Crippen LogP contribution in [0.4, 0.5) is 27.8 Å². The Kier molecular flexibility index (Phi) is 5.52. The fourth-order valence-electron chi connectivity index (χ4n) is 4.18. The number of halogens is 5. The summed E-state index contributed by atoms with van der Waals surface area (Å²) < 4.78 is 68.9. The summed E-state index contributed by atoms with van der Waals surface area (Å²) in [5, 5.41) is 8.43. The first-order valence-corrected chi connectivity index (χ1v) is 9.70. The molecule has 0 saturated carbocycles. The highest BCUT2D eigenvalue weighted by atomic mass is 19.4. The smallest absolute Gasteiger partial charge is 0.416 e. The van der Waals surface area contributed by atoms with Crippen molar-refractivity contribution in [3.05, 3.63) is 35.4 Å². The fraction of sp³-hybridized carbons (Fsp3) is 0.500. The average Bonchev–Trinajstić information content (AvgIpc) is 3.10. The first-order chi connectivity index (χ1) is 14.2. The molecule has 0 amide bonds. The highest BCUT2D eigenvalue weighted by Crippen LogP contribution is 2.39. The molecule has 0 N–H and O–H groups in total. The van der Waals surface area contributed by atoms with Gasteiger partial charge in [0.1, 0.15) is 5.75 Å². The molecule has 2 aromatic rings. The number of nitrogens with zero attached hydrogens (tertiary/aromatic N) is 4. The maximum absolute atomic E-state index is 13.0. The van der Waals surface area contributed by atoms with Crippen molar-refractivity contribution in [2.45, 2.75) is 38.1 Å². The van der Waals surface area contributed by atoms with Crippen LogP contribution < -0.4 is 9.64 Å². The van der Waals surface area contributed by atoms with Crippen molar-refractivity contribution in [3.8, 4) is 17.0 Å². The Bertz CT molecular complexity index is 921. The van der Waals surface area contributed by atoms with Crippen molar-refractivity contribution in [2.24, 2.45) is 0 Å². The number of fused-ring (bicyclic) bond motifs is 1. The van der Waals surface area contributed by atoms with Gasteiger partial charge in [-0.2, -0.15) is 22.0 Å². The van der Waals surface area contributed by atoms with E-state index in [0.29, 0.717) is 18.5 Å². The monoisotopic (exact) mass is 428 g/mol. The maximum Gasteiger partial charge on any atom is 0.416 e. The second-order valence-electron chi connectivity index (χ2n) is 7.67. The van der Waals surface area contributed by atoms with E-state index in [1.165, 1.54) is 0 Å². The van der Waals surface area contributed by atoms with Gasteiger partial charge in [0.2, 0.25) is 0 Å². The van der Waals surface area contributed by atoms with Crippen LogP contribution in [0.1, 0.15) is 24.0 Å². The van der Waals surface area contributed by atoms with Crippen LogP contribution in [0.2, 0.25) is 0 Å². The number of likely N-dealkylation sites (N-methyl/N-ethyl adjacent to an activating group) is 1. The molecule has 1 saturated heterocycles. The van der Waals surface area contributed by atoms with Gasteiger partial charge in [0.25, 0.3) is 0 Å². The van der Waals surface area contributed by atoms with Gasteiger partial charge in [-0.25, -0.2) is 0 Å². The molecule has 0 aliphatic carbocycles. The van der Waals surface area contributed by atoms with Crippen LogP contribution in [-0.2, 0) is 12.6 Å². The average molecular weight is 428 g/mol. The zero-order valence-corrected chi connectivity index (χ0v) is 16.3. The molecule has 1 fully saturated rings. The molecule has 2 aliphatic heterocycles. The lowest BCUT2D eigenvalue weighted by Crippen LogP contribution is -2.46.